The summed E-state index contributed by atoms with van der Waals surface area (Å²) in [6.07, 6.45) is 1.41. The van der Waals surface area contributed by atoms with Crippen LogP contribution < -0.4 is 4.90 Å². The number of anilines is 1. The highest BCUT2D eigenvalue weighted by Crippen LogP contribution is 2.33. The molecule has 1 N–H and O–H groups in total. The van der Waals surface area contributed by atoms with E-state index in [0.717, 1.165) is 17.1 Å². The molecular weight excluding hydrogens is 525 g/mol. The van der Waals surface area contributed by atoms with Crippen LogP contribution in [0.15, 0.2) is 123 Å². The third-order valence-corrected chi connectivity index (χ3v) is 6.59. The number of thioether (sulfide) groups is 1. The van der Waals surface area contributed by atoms with Crippen LogP contribution >= 0.6 is 35.0 Å². The van der Waals surface area contributed by atoms with Crippen molar-refractivity contribution < 1.29 is 5.11 Å². The quantitative estimate of drug-likeness (QED) is 0.204. The van der Waals surface area contributed by atoms with Crippen molar-refractivity contribution in [2.75, 3.05) is 4.90 Å². The van der Waals surface area contributed by atoms with E-state index < -0.39 is 0 Å². The summed E-state index contributed by atoms with van der Waals surface area (Å²) in [7, 11) is 0. The highest BCUT2D eigenvalue weighted by Gasteiger charge is 2.34. The first kappa shape index (κ1) is 24.8. The Morgan fingerprint density at radius 1 is 0.757 bits per heavy atom. The largest absolute Gasteiger partial charge is 0.506 e. The van der Waals surface area contributed by atoms with E-state index in [1.165, 1.54) is 24.0 Å². The number of aromatic hydroxyl groups is 1. The summed E-state index contributed by atoms with van der Waals surface area (Å²) in [5.74, 6) is 0.500. The lowest BCUT2D eigenvalue weighted by Crippen LogP contribution is -2.30. The zero-order valence-electron chi connectivity index (χ0n) is 19.2. The van der Waals surface area contributed by atoms with Crippen LogP contribution in [-0.4, -0.2) is 27.4 Å². The number of phenols is 1. The second-order valence-corrected chi connectivity index (χ2v) is 9.55. The van der Waals surface area contributed by atoms with Crippen molar-refractivity contribution in [3.8, 4) is 5.75 Å². The Kier molecular flexibility index (Phi) is 7.65. The van der Waals surface area contributed by atoms with E-state index in [4.69, 9.17) is 33.2 Å². The van der Waals surface area contributed by atoms with Crippen LogP contribution in [0, 0.1) is 0 Å². The predicted octanol–water partition coefficient (Wildman–Crippen LogP) is 8.10. The molecule has 1 fully saturated rings. The Balaban J connectivity index is 1.62. The third kappa shape index (κ3) is 5.91. The first-order chi connectivity index (χ1) is 18.1. The van der Waals surface area contributed by atoms with Gasteiger partial charge in [-0.1, -0.05) is 77.8 Å². The Labute approximate surface area is 228 Å². The second-order valence-electron chi connectivity index (χ2n) is 7.75. The zero-order valence-corrected chi connectivity index (χ0v) is 21.6. The molecule has 5 rings (SSSR count). The van der Waals surface area contributed by atoms with Gasteiger partial charge in [0.2, 0.25) is 5.17 Å². The standard InChI is InChI=1S/C28H19Cl2N5OS/c29-20-16-19(25(36)24(30)17-20)18-31-34-28-35(23-14-8-3-9-15-23)26(32-21-10-4-1-5-11-21)27(37-28)33-22-12-6-2-7-13-22/h1-18,36H/b31-18+,32-26?,33-27?,34-28-. The second kappa shape index (κ2) is 11.4. The number of nitrogens with zero attached hydrogens (tertiary/aromatic N) is 5. The van der Waals surface area contributed by atoms with E-state index in [1.54, 1.807) is 6.07 Å². The van der Waals surface area contributed by atoms with Gasteiger partial charge in [0, 0.05) is 16.3 Å². The van der Waals surface area contributed by atoms with Crippen molar-refractivity contribution in [3.63, 3.8) is 0 Å². The lowest BCUT2D eigenvalue weighted by Gasteiger charge is -2.17. The summed E-state index contributed by atoms with van der Waals surface area (Å²) in [4.78, 5) is 11.7. The Morgan fingerprint density at radius 3 is 2.00 bits per heavy atom. The van der Waals surface area contributed by atoms with E-state index in [0.29, 0.717) is 26.6 Å². The maximum absolute atomic E-state index is 10.3. The molecule has 0 unspecified atom stereocenters. The van der Waals surface area contributed by atoms with Gasteiger partial charge in [0.25, 0.3) is 0 Å². The minimum Gasteiger partial charge on any atom is -0.506 e. The maximum atomic E-state index is 10.3. The van der Waals surface area contributed by atoms with Crippen LogP contribution in [0.5, 0.6) is 5.75 Å². The molecular formula is C28H19Cl2N5OS. The molecule has 0 aromatic heterocycles. The molecule has 0 amide bonds. The summed E-state index contributed by atoms with van der Waals surface area (Å²) in [5, 5.41) is 20.7. The molecule has 0 aliphatic carbocycles. The molecule has 0 atom stereocenters. The van der Waals surface area contributed by atoms with E-state index in [-0.39, 0.29) is 10.8 Å². The number of amidine groups is 2. The van der Waals surface area contributed by atoms with Crippen LogP contribution in [0.2, 0.25) is 10.0 Å². The first-order valence-electron chi connectivity index (χ1n) is 11.2. The number of hydrogen-bond donors (Lipinski definition) is 1. The molecule has 9 heteroatoms. The number of halogens is 2. The fourth-order valence-electron chi connectivity index (χ4n) is 3.48. The van der Waals surface area contributed by atoms with Crippen LogP contribution in [0.25, 0.3) is 0 Å². The van der Waals surface area contributed by atoms with Crippen LogP contribution in [0.3, 0.4) is 0 Å². The normalized spacial score (nSPS) is 16.9. The smallest absolute Gasteiger partial charge is 0.202 e. The molecule has 0 saturated carbocycles. The molecule has 0 bridgehead atoms. The number of rotatable bonds is 5. The van der Waals surface area contributed by atoms with Crippen LogP contribution in [-0.2, 0) is 0 Å². The van der Waals surface area contributed by atoms with E-state index >= 15 is 0 Å². The summed E-state index contributed by atoms with van der Waals surface area (Å²) in [5.41, 5.74) is 2.78. The van der Waals surface area contributed by atoms with Crippen molar-refractivity contribution in [1.82, 2.24) is 0 Å². The molecule has 37 heavy (non-hydrogen) atoms. The average molecular weight is 544 g/mol. The summed E-state index contributed by atoms with van der Waals surface area (Å²) in [6.45, 7) is 0. The minimum absolute atomic E-state index is 0.119. The first-order valence-corrected chi connectivity index (χ1v) is 12.8. The SMILES string of the molecule is Oc1c(Cl)cc(Cl)cc1/C=N/N=C1\SC(=Nc2ccccc2)C(=Nc2ccccc2)N1c1ccccc1. The lowest BCUT2D eigenvalue weighted by atomic mass is 10.2. The van der Waals surface area contributed by atoms with E-state index in [2.05, 4.69) is 10.2 Å². The molecule has 6 nitrogen and oxygen atoms in total. The Bertz CT molecular complexity index is 1520. The average Bonchev–Trinajstić information content (AvgIpc) is 3.24. The van der Waals surface area contributed by atoms with Crippen LogP contribution in [0.4, 0.5) is 17.1 Å². The lowest BCUT2D eigenvalue weighted by molar-refractivity contribution is 0.474. The summed E-state index contributed by atoms with van der Waals surface area (Å²) < 4.78 is 0. The summed E-state index contributed by atoms with van der Waals surface area (Å²) in [6, 6.07) is 32.1. The van der Waals surface area contributed by atoms with E-state index in [9.17, 15) is 5.11 Å². The fourth-order valence-corrected chi connectivity index (χ4v) is 4.91. The molecule has 1 heterocycles. The van der Waals surface area contributed by atoms with Gasteiger partial charge >= 0.3 is 0 Å². The Hall–Kier alpha value is -3.91. The number of para-hydroxylation sites is 3. The molecule has 0 radical (unpaired) electrons. The molecule has 1 saturated heterocycles. The van der Waals surface area contributed by atoms with Crippen molar-refractivity contribution in [1.29, 1.82) is 0 Å². The molecule has 1 aliphatic heterocycles. The van der Waals surface area contributed by atoms with Crippen molar-refractivity contribution in [2.45, 2.75) is 0 Å². The van der Waals surface area contributed by atoms with Gasteiger partial charge in [0.1, 0.15) is 10.8 Å². The predicted molar refractivity (Wildman–Crippen MR) is 157 cm³/mol. The van der Waals surface area contributed by atoms with Crippen molar-refractivity contribution >= 4 is 74.3 Å². The number of hydrogen-bond acceptors (Lipinski definition) is 6. The van der Waals surface area contributed by atoms with Gasteiger partial charge in [-0.3, -0.25) is 4.90 Å². The molecule has 4 aromatic carbocycles. The highest BCUT2D eigenvalue weighted by molar-refractivity contribution is 8.29. The van der Waals surface area contributed by atoms with Gasteiger partial charge < -0.3 is 5.11 Å². The van der Waals surface area contributed by atoms with Crippen molar-refractivity contribution in [2.24, 2.45) is 20.2 Å². The van der Waals surface area contributed by atoms with E-state index in [1.807, 2.05) is 95.9 Å². The fraction of sp³-hybridized carbons (Fsp3) is 0. The van der Waals surface area contributed by atoms with Gasteiger partial charge in [-0.25, -0.2) is 9.98 Å². The third-order valence-electron chi connectivity index (χ3n) is 5.17. The number of benzene rings is 4. The maximum Gasteiger partial charge on any atom is 0.202 e. The molecule has 1 aliphatic rings. The highest BCUT2D eigenvalue weighted by atomic mass is 35.5. The minimum atomic E-state index is -0.119. The molecule has 4 aromatic rings. The zero-order chi connectivity index (χ0) is 25.6. The van der Waals surface area contributed by atoms with Gasteiger partial charge in [-0.2, -0.15) is 5.10 Å². The van der Waals surface area contributed by atoms with Gasteiger partial charge in [-0.15, -0.1) is 5.10 Å². The number of phenolic OH excluding ortho intramolecular Hbond substituents is 1. The topological polar surface area (TPSA) is 72.9 Å². The molecule has 0 spiro atoms. The van der Waals surface area contributed by atoms with Crippen LogP contribution in [0.1, 0.15) is 5.56 Å². The molecule has 182 valence electrons. The van der Waals surface area contributed by atoms with Gasteiger partial charge in [0.05, 0.1) is 22.6 Å². The number of aliphatic imine (C=N–C) groups is 2. The van der Waals surface area contributed by atoms with Gasteiger partial charge in [0.15, 0.2) is 5.84 Å². The monoisotopic (exact) mass is 543 g/mol. The van der Waals surface area contributed by atoms with Gasteiger partial charge in [-0.05, 0) is 60.3 Å². The summed E-state index contributed by atoms with van der Waals surface area (Å²) >= 11 is 13.5. The Morgan fingerprint density at radius 2 is 1.35 bits per heavy atom. The van der Waals surface area contributed by atoms with Crippen molar-refractivity contribution in [3.05, 3.63) is 119 Å².